The van der Waals surface area contributed by atoms with Gasteiger partial charge in [0, 0.05) is 23.0 Å². The van der Waals surface area contributed by atoms with Crippen molar-refractivity contribution in [3.63, 3.8) is 0 Å². The molecule has 2 atom stereocenters. The minimum Gasteiger partial charge on any atom is -0.462 e. The number of hydrogen-bond acceptors (Lipinski definition) is 4. The van der Waals surface area contributed by atoms with Crippen molar-refractivity contribution < 1.29 is 19.1 Å². The van der Waals surface area contributed by atoms with E-state index in [-0.39, 0.29) is 37.0 Å². The average molecular weight is 330 g/mol. The molecule has 24 heavy (non-hydrogen) atoms. The van der Waals surface area contributed by atoms with Crippen LogP contribution in [0.2, 0.25) is 0 Å². The summed E-state index contributed by atoms with van der Waals surface area (Å²) in [5, 5.41) is 0. The van der Waals surface area contributed by atoms with E-state index in [4.69, 9.17) is 9.47 Å². The molecule has 0 bridgehead atoms. The molecule has 0 aliphatic rings. The van der Waals surface area contributed by atoms with Crippen LogP contribution in [0, 0.1) is 0 Å². The van der Waals surface area contributed by atoms with E-state index in [0.717, 1.165) is 11.1 Å². The first kappa shape index (κ1) is 19.7. The summed E-state index contributed by atoms with van der Waals surface area (Å²) in [6, 6.07) is 7.91. The Morgan fingerprint density at radius 1 is 0.875 bits per heavy atom. The largest absolute Gasteiger partial charge is 0.462 e. The SMILES string of the molecule is C=C(C)C(=O)OCC(C)c1ccccc1C(C)COC(=O)C(=C)C. The van der Waals surface area contributed by atoms with Crippen LogP contribution in [0.5, 0.6) is 0 Å². The molecule has 130 valence electrons. The zero-order valence-corrected chi connectivity index (χ0v) is 14.9. The Labute approximate surface area is 144 Å². The van der Waals surface area contributed by atoms with Crippen molar-refractivity contribution in [1.29, 1.82) is 0 Å². The molecule has 1 aromatic carbocycles. The summed E-state index contributed by atoms with van der Waals surface area (Å²) in [6.07, 6.45) is 0. The molecule has 2 unspecified atom stereocenters. The first-order valence-electron chi connectivity index (χ1n) is 7.98. The van der Waals surface area contributed by atoms with Crippen LogP contribution in [0.15, 0.2) is 48.6 Å². The van der Waals surface area contributed by atoms with Crippen molar-refractivity contribution >= 4 is 11.9 Å². The number of esters is 2. The monoisotopic (exact) mass is 330 g/mol. The van der Waals surface area contributed by atoms with Crippen molar-refractivity contribution in [2.75, 3.05) is 13.2 Å². The third-order valence-electron chi connectivity index (χ3n) is 3.68. The molecule has 0 saturated heterocycles. The minimum atomic E-state index is -0.386. The van der Waals surface area contributed by atoms with Gasteiger partial charge in [-0.25, -0.2) is 9.59 Å². The van der Waals surface area contributed by atoms with Gasteiger partial charge in [-0.05, 0) is 25.0 Å². The molecule has 0 saturated carbocycles. The molecule has 0 fully saturated rings. The van der Waals surface area contributed by atoms with Crippen molar-refractivity contribution in [3.05, 3.63) is 59.7 Å². The van der Waals surface area contributed by atoms with E-state index in [0.29, 0.717) is 11.1 Å². The summed E-state index contributed by atoms with van der Waals surface area (Å²) in [6.45, 7) is 15.0. The van der Waals surface area contributed by atoms with Gasteiger partial charge in [-0.2, -0.15) is 0 Å². The molecule has 1 aromatic rings. The maximum atomic E-state index is 11.6. The van der Waals surface area contributed by atoms with E-state index in [1.807, 2.05) is 38.1 Å². The van der Waals surface area contributed by atoms with Gasteiger partial charge in [-0.3, -0.25) is 0 Å². The van der Waals surface area contributed by atoms with E-state index in [1.165, 1.54) is 0 Å². The van der Waals surface area contributed by atoms with Crippen LogP contribution in [0.1, 0.15) is 50.7 Å². The Morgan fingerprint density at radius 2 is 1.21 bits per heavy atom. The summed E-state index contributed by atoms with van der Waals surface area (Å²) in [5.41, 5.74) is 2.92. The second-order valence-electron chi connectivity index (χ2n) is 6.19. The van der Waals surface area contributed by atoms with Gasteiger partial charge in [0.05, 0.1) is 13.2 Å². The molecular formula is C20H26O4. The molecule has 0 aliphatic heterocycles. The molecule has 0 heterocycles. The molecule has 1 rings (SSSR count). The van der Waals surface area contributed by atoms with E-state index < -0.39 is 0 Å². The third kappa shape index (κ3) is 5.69. The number of benzene rings is 1. The number of ether oxygens (including phenoxy) is 2. The van der Waals surface area contributed by atoms with E-state index in [9.17, 15) is 9.59 Å². The summed E-state index contributed by atoms with van der Waals surface area (Å²) >= 11 is 0. The van der Waals surface area contributed by atoms with Crippen LogP contribution in [0.3, 0.4) is 0 Å². The highest BCUT2D eigenvalue weighted by molar-refractivity contribution is 5.87. The lowest BCUT2D eigenvalue weighted by atomic mass is 9.89. The molecule has 0 aromatic heterocycles. The Bertz CT molecular complexity index is 575. The smallest absolute Gasteiger partial charge is 0.333 e. The van der Waals surface area contributed by atoms with Crippen molar-refractivity contribution in [2.24, 2.45) is 0 Å². The number of hydrogen-bond donors (Lipinski definition) is 0. The molecule has 0 aliphatic carbocycles. The van der Waals surface area contributed by atoms with Gasteiger partial charge in [0.15, 0.2) is 0 Å². The van der Waals surface area contributed by atoms with Crippen LogP contribution < -0.4 is 0 Å². The predicted octanol–water partition coefficient (Wildman–Crippen LogP) is 4.13. The molecule has 0 amide bonds. The fraction of sp³-hybridized carbons (Fsp3) is 0.400. The van der Waals surface area contributed by atoms with E-state index >= 15 is 0 Å². The highest BCUT2D eigenvalue weighted by Gasteiger charge is 2.18. The van der Waals surface area contributed by atoms with Crippen molar-refractivity contribution in [1.82, 2.24) is 0 Å². The predicted molar refractivity (Wildman–Crippen MR) is 94.8 cm³/mol. The maximum absolute atomic E-state index is 11.6. The van der Waals surface area contributed by atoms with Crippen LogP contribution in [0.4, 0.5) is 0 Å². The second kappa shape index (κ2) is 9.06. The summed E-state index contributed by atoms with van der Waals surface area (Å²) < 4.78 is 10.5. The summed E-state index contributed by atoms with van der Waals surface area (Å²) in [4.78, 5) is 23.1. The highest BCUT2D eigenvalue weighted by atomic mass is 16.5. The van der Waals surface area contributed by atoms with Gasteiger partial charge in [-0.15, -0.1) is 0 Å². The lowest BCUT2D eigenvalue weighted by molar-refractivity contribution is -0.140. The van der Waals surface area contributed by atoms with Crippen molar-refractivity contribution in [2.45, 2.75) is 39.5 Å². The zero-order chi connectivity index (χ0) is 18.3. The normalized spacial score (nSPS) is 12.8. The Kier molecular flexibility index (Phi) is 7.43. The highest BCUT2D eigenvalue weighted by Crippen LogP contribution is 2.27. The molecule has 0 radical (unpaired) electrons. The van der Waals surface area contributed by atoms with E-state index in [2.05, 4.69) is 13.2 Å². The number of rotatable bonds is 8. The molecule has 4 heteroatoms. The van der Waals surface area contributed by atoms with Gasteiger partial charge < -0.3 is 9.47 Å². The fourth-order valence-electron chi connectivity index (χ4n) is 2.24. The lowest BCUT2D eigenvalue weighted by Crippen LogP contribution is -2.16. The van der Waals surface area contributed by atoms with Crippen LogP contribution in [-0.4, -0.2) is 25.2 Å². The van der Waals surface area contributed by atoms with Gasteiger partial charge in [0.1, 0.15) is 0 Å². The van der Waals surface area contributed by atoms with Crippen LogP contribution >= 0.6 is 0 Å². The molecular weight excluding hydrogens is 304 g/mol. The Balaban J connectivity index is 2.79. The van der Waals surface area contributed by atoms with Crippen LogP contribution in [0.25, 0.3) is 0 Å². The topological polar surface area (TPSA) is 52.6 Å². The first-order valence-corrected chi connectivity index (χ1v) is 7.98. The standard InChI is InChI=1S/C20H26O4/c1-13(2)19(21)23-11-15(5)17-9-7-8-10-18(17)16(6)12-24-20(22)14(3)4/h7-10,15-16H,1,3,11-12H2,2,4-6H3. The zero-order valence-electron chi connectivity index (χ0n) is 14.9. The maximum Gasteiger partial charge on any atom is 0.333 e. The van der Waals surface area contributed by atoms with Gasteiger partial charge in [0.25, 0.3) is 0 Å². The van der Waals surface area contributed by atoms with Gasteiger partial charge in [0.2, 0.25) is 0 Å². The lowest BCUT2D eigenvalue weighted by Gasteiger charge is -2.21. The first-order chi connectivity index (χ1) is 11.2. The van der Waals surface area contributed by atoms with Gasteiger partial charge in [-0.1, -0.05) is 51.3 Å². The van der Waals surface area contributed by atoms with Gasteiger partial charge >= 0.3 is 11.9 Å². The number of carbonyl (C=O) groups is 2. The summed E-state index contributed by atoms with van der Waals surface area (Å²) in [7, 11) is 0. The third-order valence-corrected chi connectivity index (χ3v) is 3.68. The summed E-state index contributed by atoms with van der Waals surface area (Å²) in [5.74, 6) is -0.710. The molecule has 4 nitrogen and oxygen atoms in total. The Hall–Kier alpha value is -2.36. The molecule has 0 spiro atoms. The minimum absolute atomic E-state index is 0.0313. The fourth-order valence-corrected chi connectivity index (χ4v) is 2.24. The Morgan fingerprint density at radius 3 is 1.50 bits per heavy atom. The molecule has 0 N–H and O–H groups in total. The average Bonchev–Trinajstić information content (AvgIpc) is 2.56. The second-order valence-corrected chi connectivity index (χ2v) is 6.19. The van der Waals surface area contributed by atoms with Crippen LogP contribution in [-0.2, 0) is 19.1 Å². The number of carbonyl (C=O) groups excluding carboxylic acids is 2. The van der Waals surface area contributed by atoms with Crippen molar-refractivity contribution in [3.8, 4) is 0 Å². The quantitative estimate of drug-likeness (QED) is 0.531. The van der Waals surface area contributed by atoms with E-state index in [1.54, 1.807) is 13.8 Å².